The molecule has 0 aliphatic heterocycles. The summed E-state index contributed by atoms with van der Waals surface area (Å²) < 4.78 is 0. The summed E-state index contributed by atoms with van der Waals surface area (Å²) in [6, 6.07) is 0. The molecule has 0 atom stereocenters. The van der Waals surface area contributed by atoms with Crippen LogP contribution in [0, 0.1) is 0 Å². The number of rotatable bonds is 10. The highest BCUT2D eigenvalue weighted by Crippen LogP contribution is 2.04. The van der Waals surface area contributed by atoms with Gasteiger partial charge in [-0.3, -0.25) is 4.79 Å². The van der Waals surface area contributed by atoms with E-state index in [1.165, 1.54) is 25.7 Å². The van der Waals surface area contributed by atoms with E-state index in [2.05, 4.69) is 28.2 Å². The zero-order valence-corrected chi connectivity index (χ0v) is 11.4. The molecule has 0 bridgehead atoms. The van der Waals surface area contributed by atoms with E-state index in [0.717, 1.165) is 31.1 Å². The Balaban J connectivity index is 3.11. The molecule has 1 N–H and O–H groups in total. The minimum Gasteiger partial charge on any atom is -0.356 e. The van der Waals surface area contributed by atoms with Gasteiger partial charge in [0.25, 0.3) is 0 Å². The molecule has 0 aliphatic carbocycles. The maximum atomic E-state index is 11.3. The van der Waals surface area contributed by atoms with E-state index >= 15 is 0 Å². The van der Waals surface area contributed by atoms with Crippen molar-refractivity contribution in [3.8, 4) is 0 Å². The Bertz CT molecular complexity index is 151. The second-order valence-corrected chi connectivity index (χ2v) is 4.70. The van der Waals surface area contributed by atoms with Crippen LogP contribution in [0.3, 0.4) is 0 Å². The molecule has 0 unspecified atom stereocenters. The molecule has 0 fully saturated rings. The molecule has 0 aromatic rings. The van der Waals surface area contributed by atoms with Gasteiger partial charge < -0.3 is 5.32 Å². The fourth-order valence-corrected chi connectivity index (χ4v) is 1.82. The number of hydrogen-bond acceptors (Lipinski definition) is 1. The third kappa shape index (κ3) is 11.9. The van der Waals surface area contributed by atoms with E-state index in [4.69, 9.17) is 0 Å². The Morgan fingerprint density at radius 2 is 1.80 bits per heavy atom. The first kappa shape index (κ1) is 14.9. The van der Waals surface area contributed by atoms with Gasteiger partial charge in [0.2, 0.25) is 5.91 Å². The third-order valence-corrected chi connectivity index (χ3v) is 2.95. The minimum atomic E-state index is 0.223. The summed E-state index contributed by atoms with van der Waals surface area (Å²) in [6.07, 6.45) is 8.99. The number of nitrogens with one attached hydrogen (secondary N) is 1. The normalized spacial score (nSPS) is 10.3. The summed E-state index contributed by atoms with van der Waals surface area (Å²) in [5, 5.41) is 3.98. The van der Waals surface area contributed by atoms with Crippen molar-refractivity contribution in [3.63, 3.8) is 0 Å². The largest absolute Gasteiger partial charge is 0.356 e. The van der Waals surface area contributed by atoms with Gasteiger partial charge in [0.1, 0.15) is 0 Å². The Kier molecular flexibility index (Phi) is 12.0. The number of amides is 1. The monoisotopic (exact) mass is 277 g/mol. The first-order valence-electron chi connectivity index (χ1n) is 6.14. The summed E-state index contributed by atoms with van der Waals surface area (Å²) in [5.74, 6) is 0.223. The lowest BCUT2D eigenvalue weighted by Gasteiger charge is -2.04. The van der Waals surface area contributed by atoms with E-state index in [-0.39, 0.29) is 5.91 Å². The first-order chi connectivity index (χ1) is 7.31. The zero-order chi connectivity index (χ0) is 11.4. The van der Waals surface area contributed by atoms with E-state index < -0.39 is 0 Å². The van der Waals surface area contributed by atoms with Gasteiger partial charge in [-0.1, -0.05) is 48.5 Å². The molecule has 0 aromatic carbocycles. The molecule has 0 heterocycles. The van der Waals surface area contributed by atoms with Gasteiger partial charge in [0.15, 0.2) is 0 Å². The average molecular weight is 278 g/mol. The lowest BCUT2D eigenvalue weighted by atomic mass is 10.1. The molecule has 0 radical (unpaired) electrons. The molecule has 0 rings (SSSR count). The second kappa shape index (κ2) is 12.0. The van der Waals surface area contributed by atoms with Crippen LogP contribution in [-0.2, 0) is 4.79 Å². The molecule has 0 aromatic heterocycles. The molecule has 0 aliphatic rings. The molecule has 3 heteroatoms. The number of hydrogen-bond donors (Lipinski definition) is 1. The Morgan fingerprint density at radius 1 is 1.07 bits per heavy atom. The molecular formula is C12H24BrNO. The Hall–Kier alpha value is -0.0500. The second-order valence-electron chi connectivity index (χ2n) is 3.91. The van der Waals surface area contributed by atoms with Crippen LogP contribution in [0.25, 0.3) is 0 Å². The lowest BCUT2D eigenvalue weighted by Crippen LogP contribution is -2.24. The molecule has 2 nitrogen and oxygen atoms in total. The highest BCUT2D eigenvalue weighted by molar-refractivity contribution is 9.09. The predicted octanol–water partition coefficient (Wildman–Crippen LogP) is 3.64. The van der Waals surface area contributed by atoms with Crippen molar-refractivity contribution in [2.75, 3.05) is 11.9 Å². The van der Waals surface area contributed by atoms with E-state index in [0.29, 0.717) is 6.42 Å². The molecule has 0 spiro atoms. The van der Waals surface area contributed by atoms with E-state index in [9.17, 15) is 4.79 Å². The van der Waals surface area contributed by atoms with Crippen molar-refractivity contribution in [1.29, 1.82) is 0 Å². The number of unbranched alkanes of at least 4 members (excludes halogenated alkanes) is 5. The topological polar surface area (TPSA) is 29.1 Å². The van der Waals surface area contributed by atoms with Crippen LogP contribution >= 0.6 is 15.9 Å². The lowest BCUT2D eigenvalue weighted by molar-refractivity contribution is -0.121. The fourth-order valence-electron chi connectivity index (χ4n) is 1.42. The van der Waals surface area contributed by atoms with E-state index in [1.54, 1.807) is 0 Å². The quantitative estimate of drug-likeness (QED) is 0.480. The SMILES string of the molecule is CCCCCCCC(=O)NCCCCBr. The maximum absolute atomic E-state index is 11.3. The number of halogens is 1. The van der Waals surface area contributed by atoms with Gasteiger partial charge in [-0.2, -0.15) is 0 Å². The summed E-state index contributed by atoms with van der Waals surface area (Å²) in [4.78, 5) is 11.3. The standard InChI is InChI=1S/C12H24BrNO/c1-2-3-4-5-6-9-12(15)14-11-8-7-10-13/h2-11H2,1H3,(H,14,15). The van der Waals surface area contributed by atoms with Crippen LogP contribution in [0.15, 0.2) is 0 Å². The maximum Gasteiger partial charge on any atom is 0.219 e. The Labute approximate surface area is 102 Å². The highest BCUT2D eigenvalue weighted by Gasteiger charge is 1.99. The average Bonchev–Trinajstić information content (AvgIpc) is 2.24. The summed E-state index contributed by atoms with van der Waals surface area (Å²) >= 11 is 3.37. The smallest absolute Gasteiger partial charge is 0.219 e. The molecular weight excluding hydrogens is 254 g/mol. The van der Waals surface area contributed by atoms with Crippen LogP contribution in [0.4, 0.5) is 0 Å². The van der Waals surface area contributed by atoms with Crippen molar-refractivity contribution >= 4 is 21.8 Å². The van der Waals surface area contributed by atoms with Crippen LogP contribution in [0.1, 0.15) is 58.3 Å². The van der Waals surface area contributed by atoms with Crippen molar-refractivity contribution in [3.05, 3.63) is 0 Å². The van der Waals surface area contributed by atoms with Crippen molar-refractivity contribution in [2.24, 2.45) is 0 Å². The van der Waals surface area contributed by atoms with Crippen LogP contribution < -0.4 is 5.32 Å². The molecule has 0 saturated heterocycles. The fraction of sp³-hybridized carbons (Fsp3) is 0.917. The zero-order valence-electron chi connectivity index (χ0n) is 9.86. The minimum absolute atomic E-state index is 0.223. The van der Waals surface area contributed by atoms with Gasteiger partial charge in [-0.25, -0.2) is 0 Å². The third-order valence-electron chi connectivity index (χ3n) is 2.39. The summed E-state index contributed by atoms with van der Waals surface area (Å²) in [5.41, 5.74) is 0. The number of alkyl halides is 1. The summed E-state index contributed by atoms with van der Waals surface area (Å²) in [6.45, 7) is 3.04. The highest BCUT2D eigenvalue weighted by atomic mass is 79.9. The summed E-state index contributed by atoms with van der Waals surface area (Å²) in [7, 11) is 0. The van der Waals surface area contributed by atoms with Crippen molar-refractivity contribution in [1.82, 2.24) is 5.32 Å². The van der Waals surface area contributed by atoms with Crippen molar-refractivity contribution in [2.45, 2.75) is 58.3 Å². The number of carbonyl (C=O) groups is 1. The van der Waals surface area contributed by atoms with Gasteiger partial charge in [0, 0.05) is 18.3 Å². The molecule has 1 amide bonds. The van der Waals surface area contributed by atoms with Gasteiger partial charge in [-0.15, -0.1) is 0 Å². The van der Waals surface area contributed by atoms with Gasteiger partial charge in [0.05, 0.1) is 0 Å². The van der Waals surface area contributed by atoms with Gasteiger partial charge in [-0.05, 0) is 19.3 Å². The van der Waals surface area contributed by atoms with E-state index in [1.807, 2.05) is 0 Å². The van der Waals surface area contributed by atoms with Crippen LogP contribution in [0.5, 0.6) is 0 Å². The Morgan fingerprint density at radius 3 is 2.47 bits per heavy atom. The molecule has 0 saturated carbocycles. The first-order valence-corrected chi connectivity index (χ1v) is 7.26. The van der Waals surface area contributed by atoms with Crippen LogP contribution in [0.2, 0.25) is 0 Å². The molecule has 90 valence electrons. The van der Waals surface area contributed by atoms with Gasteiger partial charge >= 0.3 is 0 Å². The predicted molar refractivity (Wildman–Crippen MR) is 69.4 cm³/mol. The van der Waals surface area contributed by atoms with Crippen LogP contribution in [-0.4, -0.2) is 17.8 Å². The van der Waals surface area contributed by atoms with Crippen molar-refractivity contribution < 1.29 is 4.79 Å². The number of carbonyl (C=O) groups excluding carboxylic acids is 1. The molecule has 15 heavy (non-hydrogen) atoms.